The fourth-order valence-corrected chi connectivity index (χ4v) is 5.03. The van der Waals surface area contributed by atoms with Crippen LogP contribution in [0, 0.1) is 11.3 Å². The highest BCUT2D eigenvalue weighted by Crippen LogP contribution is 2.36. The van der Waals surface area contributed by atoms with Crippen LogP contribution in [-0.4, -0.2) is 41.4 Å². The predicted octanol–water partition coefficient (Wildman–Crippen LogP) is 3.45. The van der Waals surface area contributed by atoms with Crippen LogP contribution in [0.3, 0.4) is 0 Å². The van der Waals surface area contributed by atoms with Gasteiger partial charge in [-0.05, 0) is 61.1 Å². The van der Waals surface area contributed by atoms with Gasteiger partial charge in [0.05, 0.1) is 19.0 Å². The molecule has 2 aromatic rings. The number of benzene rings is 2. The molecule has 2 amide bonds. The summed E-state index contributed by atoms with van der Waals surface area (Å²) in [6.07, 6.45) is 4.42. The molecule has 0 radical (unpaired) electrons. The number of carbonyl (C=O) groups is 2. The Kier molecular flexibility index (Phi) is 7.09. The van der Waals surface area contributed by atoms with Crippen molar-refractivity contribution >= 4 is 23.4 Å². The standard InChI is InChI=1S/C25H27ClN4O2/c26-20-6-4-18(5-7-20)16-30-22-8-9-23(30)14-21(13-22)29-24(31)15-28-25(32)19-3-1-2-17(12-19)10-11-27/h1-7,12,21-23H,8-10,13-16H2,(H,28,32)(H,29,31)/t21?,22-,23+. The fraction of sp³-hybridized carbons (Fsp3) is 0.400. The minimum atomic E-state index is -0.308. The minimum Gasteiger partial charge on any atom is -0.352 e. The van der Waals surface area contributed by atoms with Crippen LogP contribution in [0.5, 0.6) is 0 Å². The van der Waals surface area contributed by atoms with Crippen molar-refractivity contribution in [3.05, 3.63) is 70.2 Å². The van der Waals surface area contributed by atoms with Crippen LogP contribution in [0.4, 0.5) is 0 Å². The van der Waals surface area contributed by atoms with Crippen molar-refractivity contribution < 1.29 is 9.59 Å². The predicted molar refractivity (Wildman–Crippen MR) is 123 cm³/mol. The fourth-order valence-electron chi connectivity index (χ4n) is 4.91. The van der Waals surface area contributed by atoms with Crippen molar-refractivity contribution in [3.63, 3.8) is 0 Å². The van der Waals surface area contributed by atoms with Gasteiger partial charge in [-0.3, -0.25) is 14.5 Å². The number of fused-ring (bicyclic) bond motifs is 2. The van der Waals surface area contributed by atoms with Gasteiger partial charge in [0.2, 0.25) is 5.91 Å². The van der Waals surface area contributed by atoms with Gasteiger partial charge in [0.25, 0.3) is 5.91 Å². The van der Waals surface area contributed by atoms with Gasteiger partial charge in [-0.15, -0.1) is 0 Å². The number of rotatable bonds is 7. The van der Waals surface area contributed by atoms with Crippen LogP contribution in [0.15, 0.2) is 48.5 Å². The van der Waals surface area contributed by atoms with E-state index in [1.165, 1.54) is 5.56 Å². The maximum absolute atomic E-state index is 12.5. The van der Waals surface area contributed by atoms with Gasteiger partial charge in [-0.1, -0.05) is 35.9 Å². The molecular weight excluding hydrogens is 424 g/mol. The number of hydrogen-bond donors (Lipinski definition) is 2. The lowest BCUT2D eigenvalue weighted by atomic mass is 9.96. The van der Waals surface area contributed by atoms with Crippen molar-refractivity contribution in [1.82, 2.24) is 15.5 Å². The molecule has 2 aliphatic heterocycles. The van der Waals surface area contributed by atoms with Crippen LogP contribution in [-0.2, 0) is 17.8 Å². The summed E-state index contributed by atoms with van der Waals surface area (Å²) in [5.41, 5.74) is 2.50. The monoisotopic (exact) mass is 450 g/mol. The molecule has 166 valence electrons. The summed E-state index contributed by atoms with van der Waals surface area (Å²) in [5.74, 6) is -0.472. The second kappa shape index (κ2) is 10.2. The summed E-state index contributed by atoms with van der Waals surface area (Å²) in [5, 5.41) is 15.4. The maximum atomic E-state index is 12.5. The highest BCUT2D eigenvalue weighted by molar-refractivity contribution is 6.30. The summed E-state index contributed by atoms with van der Waals surface area (Å²) in [4.78, 5) is 27.4. The van der Waals surface area contributed by atoms with Gasteiger partial charge in [0.1, 0.15) is 0 Å². The van der Waals surface area contributed by atoms with Crippen LogP contribution in [0.2, 0.25) is 5.02 Å². The third kappa shape index (κ3) is 5.48. The number of nitrogens with one attached hydrogen (secondary N) is 2. The number of halogens is 1. The summed E-state index contributed by atoms with van der Waals surface area (Å²) in [7, 11) is 0. The SMILES string of the molecule is N#CCc1cccc(C(=O)NCC(=O)NC2C[C@H]3CC[C@@H](C2)N3Cc2ccc(Cl)cc2)c1. The van der Waals surface area contributed by atoms with E-state index in [4.69, 9.17) is 16.9 Å². The van der Waals surface area contributed by atoms with E-state index in [2.05, 4.69) is 33.7 Å². The highest BCUT2D eigenvalue weighted by Gasteiger charge is 2.40. The van der Waals surface area contributed by atoms with E-state index in [9.17, 15) is 9.59 Å². The molecule has 0 aromatic heterocycles. The van der Waals surface area contributed by atoms with Gasteiger partial charge < -0.3 is 10.6 Å². The van der Waals surface area contributed by atoms with Crippen molar-refractivity contribution in [3.8, 4) is 6.07 Å². The average Bonchev–Trinajstić information content (AvgIpc) is 3.01. The Hall–Kier alpha value is -2.88. The first kappa shape index (κ1) is 22.3. The Bertz CT molecular complexity index is 1000. The largest absolute Gasteiger partial charge is 0.352 e. The summed E-state index contributed by atoms with van der Waals surface area (Å²) >= 11 is 6.00. The maximum Gasteiger partial charge on any atom is 0.251 e. The van der Waals surface area contributed by atoms with Gasteiger partial charge in [-0.25, -0.2) is 0 Å². The third-order valence-electron chi connectivity index (χ3n) is 6.41. The van der Waals surface area contributed by atoms with Gasteiger partial charge >= 0.3 is 0 Å². The van der Waals surface area contributed by atoms with E-state index in [-0.39, 0.29) is 30.8 Å². The van der Waals surface area contributed by atoms with Crippen LogP contribution >= 0.6 is 11.6 Å². The molecule has 32 heavy (non-hydrogen) atoms. The zero-order valence-corrected chi connectivity index (χ0v) is 18.6. The zero-order chi connectivity index (χ0) is 22.5. The first-order chi connectivity index (χ1) is 15.5. The molecule has 2 saturated heterocycles. The van der Waals surface area contributed by atoms with Crippen molar-refractivity contribution in [2.45, 2.75) is 56.8 Å². The highest BCUT2D eigenvalue weighted by atomic mass is 35.5. The van der Waals surface area contributed by atoms with Gasteiger partial charge in [-0.2, -0.15) is 5.26 Å². The van der Waals surface area contributed by atoms with Gasteiger partial charge in [0.15, 0.2) is 0 Å². The average molecular weight is 451 g/mol. The van der Waals surface area contributed by atoms with Crippen molar-refractivity contribution in [2.75, 3.05) is 6.54 Å². The molecule has 0 spiro atoms. The number of piperidine rings is 1. The molecule has 3 atom stereocenters. The van der Waals surface area contributed by atoms with Crippen molar-refractivity contribution in [2.24, 2.45) is 0 Å². The van der Waals surface area contributed by atoms with Crippen LogP contribution in [0.25, 0.3) is 0 Å². The second-order valence-corrected chi connectivity index (χ2v) is 9.07. The zero-order valence-electron chi connectivity index (χ0n) is 17.9. The lowest BCUT2D eigenvalue weighted by molar-refractivity contribution is -0.121. The van der Waals surface area contributed by atoms with E-state index in [1.807, 2.05) is 12.1 Å². The Balaban J connectivity index is 1.25. The Morgan fingerprint density at radius 2 is 1.78 bits per heavy atom. The van der Waals surface area contributed by atoms with E-state index >= 15 is 0 Å². The Morgan fingerprint density at radius 1 is 1.06 bits per heavy atom. The van der Waals surface area contributed by atoms with E-state index in [0.29, 0.717) is 17.6 Å². The van der Waals surface area contributed by atoms with Crippen LogP contribution in [0.1, 0.15) is 47.2 Å². The molecule has 1 unspecified atom stereocenters. The van der Waals surface area contributed by atoms with Gasteiger partial charge in [0, 0.05) is 35.3 Å². The molecule has 0 aliphatic carbocycles. The number of nitrogens with zero attached hydrogens (tertiary/aromatic N) is 2. The molecule has 2 aromatic carbocycles. The molecule has 2 bridgehead atoms. The number of carbonyl (C=O) groups excluding carboxylic acids is 2. The second-order valence-electron chi connectivity index (χ2n) is 8.64. The normalized spacial score (nSPS) is 22.2. The molecule has 4 rings (SSSR count). The van der Waals surface area contributed by atoms with E-state index in [1.54, 1.807) is 24.3 Å². The lowest BCUT2D eigenvalue weighted by Crippen LogP contribution is -2.51. The molecule has 2 heterocycles. The molecular formula is C25H27ClN4O2. The molecule has 0 saturated carbocycles. The van der Waals surface area contributed by atoms with E-state index in [0.717, 1.165) is 42.8 Å². The molecule has 2 N–H and O–H groups in total. The molecule has 2 fully saturated rings. The van der Waals surface area contributed by atoms with Crippen LogP contribution < -0.4 is 10.6 Å². The lowest BCUT2D eigenvalue weighted by Gasteiger charge is -2.39. The van der Waals surface area contributed by atoms with E-state index < -0.39 is 0 Å². The minimum absolute atomic E-state index is 0.0539. The first-order valence-electron chi connectivity index (χ1n) is 11.1. The summed E-state index contributed by atoms with van der Waals surface area (Å²) < 4.78 is 0. The number of nitriles is 1. The Morgan fingerprint density at radius 3 is 2.47 bits per heavy atom. The van der Waals surface area contributed by atoms with Crippen molar-refractivity contribution in [1.29, 1.82) is 5.26 Å². The summed E-state index contributed by atoms with van der Waals surface area (Å²) in [6, 6.07) is 18.1. The first-order valence-corrected chi connectivity index (χ1v) is 11.4. The summed E-state index contributed by atoms with van der Waals surface area (Å²) in [6.45, 7) is 0.857. The third-order valence-corrected chi connectivity index (χ3v) is 6.66. The topological polar surface area (TPSA) is 85.2 Å². The quantitative estimate of drug-likeness (QED) is 0.676. The smallest absolute Gasteiger partial charge is 0.251 e. The molecule has 7 heteroatoms. The molecule has 6 nitrogen and oxygen atoms in total. The molecule has 2 aliphatic rings. The number of hydrogen-bond acceptors (Lipinski definition) is 4. The number of amides is 2. The Labute approximate surface area is 193 Å².